The highest BCUT2D eigenvalue weighted by atomic mass is 31.2. The first kappa shape index (κ1) is 11.3. The second-order valence-electron chi connectivity index (χ2n) is 2.74. The minimum atomic E-state index is -4.59. The first-order valence-electron chi connectivity index (χ1n) is 2.73. The monoisotopic (exact) mass is 206 g/mol. The van der Waals surface area contributed by atoms with E-state index in [0.717, 1.165) is 13.3 Å². The van der Waals surface area contributed by atoms with Crippen LogP contribution in [-0.2, 0) is 9.13 Å². The summed E-state index contributed by atoms with van der Waals surface area (Å²) >= 11 is 0. The van der Waals surface area contributed by atoms with Gasteiger partial charge in [0.15, 0.2) is 7.14 Å². The molecule has 0 heterocycles. The van der Waals surface area contributed by atoms with Gasteiger partial charge in [-0.2, -0.15) is 8.78 Å². The first-order valence-corrected chi connectivity index (χ1v) is 7.44. The van der Waals surface area contributed by atoms with Crippen molar-refractivity contribution in [1.29, 1.82) is 0 Å². The lowest BCUT2D eigenvalue weighted by Crippen LogP contribution is -2.15. The molecule has 0 aromatic carbocycles. The van der Waals surface area contributed by atoms with E-state index in [0.29, 0.717) is 6.66 Å². The van der Waals surface area contributed by atoms with Crippen molar-refractivity contribution in [2.45, 2.75) is 5.40 Å². The van der Waals surface area contributed by atoms with Gasteiger partial charge in [-0.05, 0) is 13.3 Å². The highest BCUT2D eigenvalue weighted by Crippen LogP contribution is 2.71. The maximum absolute atomic E-state index is 12.7. The quantitative estimate of drug-likeness (QED) is 0.703. The average molecular weight is 206 g/mol. The molecule has 0 amide bonds. The van der Waals surface area contributed by atoms with Gasteiger partial charge in [-0.3, -0.25) is 4.57 Å². The van der Waals surface area contributed by atoms with Gasteiger partial charge in [0.25, 0.3) is 7.37 Å². The van der Waals surface area contributed by atoms with Crippen LogP contribution in [0.1, 0.15) is 0 Å². The van der Waals surface area contributed by atoms with Crippen LogP contribution in [0.3, 0.4) is 0 Å². The summed E-state index contributed by atoms with van der Waals surface area (Å²) in [5, 5.41) is -3.96. The predicted molar refractivity (Wildman–Crippen MR) is 40.2 cm³/mol. The second kappa shape index (κ2) is 2.65. The van der Waals surface area contributed by atoms with Gasteiger partial charge in [-0.25, -0.2) is 0 Å². The van der Waals surface area contributed by atoms with Crippen molar-refractivity contribution in [3.05, 3.63) is 0 Å². The summed E-state index contributed by atoms with van der Waals surface area (Å²) in [5.74, 6) is 0. The summed E-state index contributed by atoms with van der Waals surface area (Å²) in [6.07, 6.45) is 0. The third-order valence-electron chi connectivity index (χ3n) is 1.15. The molecule has 0 saturated heterocycles. The second-order valence-corrected chi connectivity index (χ2v) is 8.68. The van der Waals surface area contributed by atoms with Crippen molar-refractivity contribution in [3.63, 3.8) is 0 Å². The molecule has 0 rings (SSSR count). The summed E-state index contributed by atoms with van der Waals surface area (Å²) in [7, 11) is -8.42. The van der Waals surface area contributed by atoms with Crippen LogP contribution < -0.4 is 0 Å². The van der Waals surface area contributed by atoms with Gasteiger partial charge in [-0.1, -0.05) is 0 Å². The van der Waals surface area contributed by atoms with Crippen molar-refractivity contribution < 1.29 is 22.8 Å². The molecule has 1 atom stereocenters. The Kier molecular flexibility index (Phi) is 2.72. The van der Waals surface area contributed by atoms with Gasteiger partial charge in [-0.15, -0.1) is 0 Å². The Balaban J connectivity index is 5.08. The van der Waals surface area contributed by atoms with E-state index in [1.807, 2.05) is 0 Å². The Morgan fingerprint density at radius 3 is 1.45 bits per heavy atom. The fraction of sp³-hybridized carbons (Fsp3) is 1.00. The van der Waals surface area contributed by atoms with Crippen LogP contribution in [0.5, 0.6) is 0 Å². The summed E-state index contributed by atoms with van der Waals surface area (Å²) in [6.45, 7) is 2.09. The number of hydrogen-bond acceptors (Lipinski definition) is 2. The van der Waals surface area contributed by atoms with Gasteiger partial charge in [0.05, 0.1) is 0 Å². The molecule has 0 aliphatic heterocycles. The zero-order chi connectivity index (χ0) is 9.50. The van der Waals surface area contributed by atoms with Crippen LogP contribution >= 0.6 is 14.5 Å². The molecule has 68 valence electrons. The van der Waals surface area contributed by atoms with Crippen molar-refractivity contribution in [1.82, 2.24) is 0 Å². The van der Waals surface area contributed by atoms with Crippen LogP contribution in [0, 0.1) is 0 Å². The van der Waals surface area contributed by atoms with E-state index in [-0.39, 0.29) is 0 Å². The molecule has 0 saturated carbocycles. The van der Waals surface area contributed by atoms with E-state index in [4.69, 9.17) is 4.89 Å². The largest absolute Gasteiger partial charge is 0.369 e. The molecule has 0 fully saturated rings. The molecular formula is C4H10F2O3P2. The smallest absolute Gasteiger partial charge is 0.340 e. The number of rotatable bonds is 2. The van der Waals surface area contributed by atoms with Gasteiger partial charge in [0, 0.05) is 6.66 Å². The SMILES string of the molecule is CP(C)(=O)C(F)(F)P(C)(=O)O. The highest BCUT2D eigenvalue weighted by molar-refractivity contribution is 7.79. The van der Waals surface area contributed by atoms with Gasteiger partial charge >= 0.3 is 5.40 Å². The fourth-order valence-corrected chi connectivity index (χ4v) is 4.02. The third-order valence-corrected chi connectivity index (χ3v) is 6.00. The van der Waals surface area contributed by atoms with E-state index >= 15 is 0 Å². The molecule has 0 aromatic rings. The first-order chi connectivity index (χ1) is 4.50. The standard InChI is InChI=1S/C4H10F2O3P2/c1-10(2,7)4(5,6)11(3,8)9/h1-3H3,(H,8,9). The Morgan fingerprint density at radius 2 is 1.45 bits per heavy atom. The molecule has 11 heavy (non-hydrogen) atoms. The fourth-order valence-electron chi connectivity index (χ4n) is 0.447. The van der Waals surface area contributed by atoms with Crippen LogP contribution in [-0.4, -0.2) is 30.3 Å². The molecule has 0 bridgehead atoms. The number of halogens is 2. The van der Waals surface area contributed by atoms with Crippen molar-refractivity contribution >= 4 is 14.5 Å². The lowest BCUT2D eigenvalue weighted by molar-refractivity contribution is 0.163. The molecule has 0 aliphatic rings. The van der Waals surface area contributed by atoms with E-state index in [1.54, 1.807) is 0 Å². The van der Waals surface area contributed by atoms with Crippen molar-refractivity contribution in [2.24, 2.45) is 0 Å². The zero-order valence-electron chi connectivity index (χ0n) is 6.41. The minimum absolute atomic E-state index is 0.507. The molecule has 0 spiro atoms. The van der Waals surface area contributed by atoms with Crippen LogP contribution in [0.4, 0.5) is 8.78 Å². The Morgan fingerprint density at radius 1 is 1.18 bits per heavy atom. The number of hydrogen-bond donors (Lipinski definition) is 1. The molecule has 0 aromatic heterocycles. The maximum atomic E-state index is 12.7. The normalized spacial score (nSPS) is 19.5. The minimum Gasteiger partial charge on any atom is -0.340 e. The van der Waals surface area contributed by atoms with Gasteiger partial charge in [0.1, 0.15) is 0 Å². The summed E-state index contributed by atoms with van der Waals surface area (Å²) in [5.41, 5.74) is 0. The predicted octanol–water partition coefficient (Wildman–Crippen LogP) is 2.06. The Hall–Kier alpha value is 0.280. The van der Waals surface area contributed by atoms with E-state index in [2.05, 4.69) is 0 Å². The number of alkyl halides is 2. The Labute approximate surface area is 63.6 Å². The van der Waals surface area contributed by atoms with Crippen molar-refractivity contribution in [2.75, 3.05) is 20.0 Å². The average Bonchev–Trinajstić information content (AvgIpc) is 1.58. The van der Waals surface area contributed by atoms with E-state index in [1.165, 1.54) is 0 Å². The lowest BCUT2D eigenvalue weighted by atomic mass is 11.6. The molecule has 3 nitrogen and oxygen atoms in total. The highest BCUT2D eigenvalue weighted by Gasteiger charge is 2.55. The molecule has 0 aliphatic carbocycles. The van der Waals surface area contributed by atoms with E-state index in [9.17, 15) is 17.9 Å². The molecule has 7 heteroatoms. The summed E-state index contributed by atoms with van der Waals surface area (Å²) in [4.78, 5) is 8.51. The zero-order valence-corrected chi connectivity index (χ0v) is 8.20. The van der Waals surface area contributed by atoms with Crippen molar-refractivity contribution in [3.8, 4) is 0 Å². The molecule has 0 radical (unpaired) electrons. The van der Waals surface area contributed by atoms with Gasteiger partial charge in [0.2, 0.25) is 0 Å². The lowest BCUT2D eigenvalue weighted by Gasteiger charge is -2.22. The van der Waals surface area contributed by atoms with Gasteiger partial charge < -0.3 is 9.46 Å². The third kappa shape index (κ3) is 2.11. The topological polar surface area (TPSA) is 54.4 Å². The molecule has 1 unspecified atom stereocenters. The van der Waals surface area contributed by atoms with E-state index < -0.39 is 19.9 Å². The summed E-state index contributed by atoms with van der Waals surface area (Å²) in [6, 6.07) is 0. The maximum Gasteiger partial charge on any atom is 0.369 e. The van der Waals surface area contributed by atoms with Crippen LogP contribution in [0.2, 0.25) is 0 Å². The Bertz CT molecular complexity index is 214. The summed E-state index contributed by atoms with van der Waals surface area (Å²) < 4.78 is 46.6. The van der Waals surface area contributed by atoms with Crippen LogP contribution in [0.15, 0.2) is 0 Å². The molecule has 1 N–H and O–H groups in total. The molecular weight excluding hydrogens is 196 g/mol. The van der Waals surface area contributed by atoms with Crippen LogP contribution in [0.25, 0.3) is 0 Å².